The van der Waals surface area contributed by atoms with Crippen molar-refractivity contribution in [2.24, 2.45) is 11.8 Å². The molecule has 106 valence electrons. The van der Waals surface area contributed by atoms with Crippen LogP contribution in [0.5, 0.6) is 0 Å². The van der Waals surface area contributed by atoms with E-state index in [1.54, 1.807) is 0 Å². The van der Waals surface area contributed by atoms with Gasteiger partial charge in [0.25, 0.3) is 0 Å². The van der Waals surface area contributed by atoms with Gasteiger partial charge in [-0.2, -0.15) is 0 Å². The molecule has 0 heterocycles. The minimum atomic E-state index is -0.505. The van der Waals surface area contributed by atoms with E-state index >= 15 is 0 Å². The first-order valence-corrected chi connectivity index (χ1v) is 7.94. The predicted molar refractivity (Wildman–Crippen MR) is 81.1 cm³/mol. The van der Waals surface area contributed by atoms with Crippen molar-refractivity contribution < 1.29 is 5.11 Å². The number of hydrogen-bond donors (Lipinski definition) is 1. The number of rotatable bonds is 5. The van der Waals surface area contributed by atoms with E-state index in [9.17, 15) is 5.11 Å². The lowest BCUT2D eigenvalue weighted by Crippen LogP contribution is -2.42. The molecule has 1 aromatic rings. The van der Waals surface area contributed by atoms with Gasteiger partial charge < -0.3 is 5.11 Å². The minimum Gasteiger partial charge on any atom is -0.389 e. The normalized spacial score (nSPS) is 26.9. The molecule has 1 aromatic carbocycles. The van der Waals surface area contributed by atoms with E-state index in [2.05, 4.69) is 38.1 Å². The highest BCUT2D eigenvalue weighted by atomic mass is 16.3. The summed E-state index contributed by atoms with van der Waals surface area (Å²) in [5.74, 6) is 1.31. The van der Waals surface area contributed by atoms with Crippen LogP contribution in [0.15, 0.2) is 30.3 Å². The summed E-state index contributed by atoms with van der Waals surface area (Å²) < 4.78 is 0. The maximum absolute atomic E-state index is 11.1. The monoisotopic (exact) mass is 260 g/mol. The molecule has 1 nitrogen and oxygen atoms in total. The Morgan fingerprint density at radius 1 is 1.16 bits per heavy atom. The molecule has 1 saturated carbocycles. The lowest BCUT2D eigenvalue weighted by atomic mass is 9.69. The smallest absolute Gasteiger partial charge is 0.0713 e. The highest BCUT2D eigenvalue weighted by molar-refractivity contribution is 5.17. The maximum Gasteiger partial charge on any atom is 0.0713 e. The Labute approximate surface area is 118 Å². The summed E-state index contributed by atoms with van der Waals surface area (Å²) in [5, 5.41) is 11.1. The Hall–Kier alpha value is -0.820. The van der Waals surface area contributed by atoms with Gasteiger partial charge in [-0.3, -0.25) is 0 Å². The van der Waals surface area contributed by atoms with Crippen LogP contribution >= 0.6 is 0 Å². The summed E-state index contributed by atoms with van der Waals surface area (Å²) in [6.45, 7) is 4.42. The average Bonchev–Trinajstić information content (AvgIpc) is 2.48. The van der Waals surface area contributed by atoms with Gasteiger partial charge in [-0.25, -0.2) is 0 Å². The molecule has 3 unspecified atom stereocenters. The van der Waals surface area contributed by atoms with Crippen LogP contribution in [-0.4, -0.2) is 10.7 Å². The molecule has 1 N–H and O–H groups in total. The van der Waals surface area contributed by atoms with E-state index in [4.69, 9.17) is 0 Å². The van der Waals surface area contributed by atoms with Crippen molar-refractivity contribution >= 4 is 0 Å². The van der Waals surface area contributed by atoms with Gasteiger partial charge in [-0.05, 0) is 36.7 Å². The molecule has 1 aliphatic rings. The summed E-state index contributed by atoms with van der Waals surface area (Å²) in [7, 11) is 0. The summed E-state index contributed by atoms with van der Waals surface area (Å²) in [4.78, 5) is 0. The van der Waals surface area contributed by atoms with Gasteiger partial charge in [0.05, 0.1) is 5.60 Å². The first-order chi connectivity index (χ1) is 9.18. The average molecular weight is 260 g/mol. The summed E-state index contributed by atoms with van der Waals surface area (Å²) in [6.07, 6.45) is 8.01. The Balaban J connectivity index is 2.08. The van der Waals surface area contributed by atoms with Crippen LogP contribution in [-0.2, 0) is 6.42 Å². The predicted octanol–water partition coefficient (Wildman–Crippen LogP) is 4.59. The van der Waals surface area contributed by atoms with E-state index in [0.717, 1.165) is 18.8 Å². The number of hydrogen-bond acceptors (Lipinski definition) is 1. The highest BCUT2D eigenvalue weighted by Crippen LogP contribution is 2.40. The Morgan fingerprint density at radius 3 is 2.53 bits per heavy atom. The van der Waals surface area contributed by atoms with E-state index in [0.29, 0.717) is 5.92 Å². The van der Waals surface area contributed by atoms with Crippen LogP contribution < -0.4 is 0 Å². The van der Waals surface area contributed by atoms with Gasteiger partial charge in [0.1, 0.15) is 0 Å². The van der Waals surface area contributed by atoms with Gasteiger partial charge in [-0.15, -0.1) is 0 Å². The van der Waals surface area contributed by atoms with Crippen LogP contribution in [0.1, 0.15) is 57.9 Å². The van der Waals surface area contributed by atoms with Gasteiger partial charge in [0.2, 0.25) is 0 Å². The number of benzene rings is 1. The zero-order valence-electron chi connectivity index (χ0n) is 12.4. The fraction of sp³-hybridized carbons (Fsp3) is 0.667. The van der Waals surface area contributed by atoms with E-state index in [-0.39, 0.29) is 0 Å². The summed E-state index contributed by atoms with van der Waals surface area (Å²) in [5.41, 5.74) is 0.764. The Kier molecular flexibility index (Phi) is 5.04. The number of aliphatic hydroxyl groups is 1. The Morgan fingerprint density at radius 2 is 1.89 bits per heavy atom. The molecule has 0 bridgehead atoms. The van der Waals surface area contributed by atoms with Crippen molar-refractivity contribution in [2.75, 3.05) is 0 Å². The molecule has 3 atom stereocenters. The van der Waals surface area contributed by atoms with Crippen LogP contribution in [0.4, 0.5) is 0 Å². The van der Waals surface area contributed by atoms with Crippen LogP contribution in [0, 0.1) is 11.8 Å². The van der Waals surface area contributed by atoms with Gasteiger partial charge in [0.15, 0.2) is 0 Å². The lowest BCUT2D eigenvalue weighted by molar-refractivity contribution is -0.0445. The molecule has 0 saturated heterocycles. The molecule has 19 heavy (non-hydrogen) atoms. The second kappa shape index (κ2) is 6.56. The fourth-order valence-corrected chi connectivity index (χ4v) is 3.66. The van der Waals surface area contributed by atoms with Crippen molar-refractivity contribution in [2.45, 2.75) is 64.4 Å². The molecule has 0 spiro atoms. The van der Waals surface area contributed by atoms with Crippen molar-refractivity contribution in [3.8, 4) is 0 Å². The van der Waals surface area contributed by atoms with Crippen molar-refractivity contribution in [3.05, 3.63) is 35.9 Å². The van der Waals surface area contributed by atoms with E-state index in [1.807, 2.05) is 6.07 Å². The zero-order chi connectivity index (χ0) is 13.7. The third-order valence-corrected chi connectivity index (χ3v) is 5.09. The SMILES string of the molecule is CCC1CCCC(C(O)(CC)Cc2ccccc2)C1. The molecule has 0 radical (unpaired) electrons. The fourth-order valence-electron chi connectivity index (χ4n) is 3.66. The van der Waals surface area contributed by atoms with Crippen molar-refractivity contribution in [1.29, 1.82) is 0 Å². The van der Waals surface area contributed by atoms with Crippen molar-refractivity contribution in [3.63, 3.8) is 0 Å². The molecular formula is C18H28O. The second-order valence-electron chi connectivity index (χ2n) is 6.26. The minimum absolute atomic E-state index is 0.483. The highest BCUT2D eigenvalue weighted by Gasteiger charge is 2.37. The third-order valence-electron chi connectivity index (χ3n) is 5.09. The molecule has 0 amide bonds. The summed E-state index contributed by atoms with van der Waals surface area (Å²) >= 11 is 0. The Bertz CT molecular complexity index is 373. The van der Waals surface area contributed by atoms with Gasteiger partial charge >= 0.3 is 0 Å². The van der Waals surface area contributed by atoms with Crippen LogP contribution in [0.25, 0.3) is 0 Å². The standard InChI is InChI=1S/C18H28O/c1-3-15-11-8-12-17(13-15)18(19,4-2)14-16-9-6-5-7-10-16/h5-7,9-10,15,17,19H,3-4,8,11-14H2,1-2H3. The first kappa shape index (κ1) is 14.6. The largest absolute Gasteiger partial charge is 0.389 e. The molecule has 1 heteroatoms. The molecule has 1 fully saturated rings. The molecule has 0 aliphatic heterocycles. The topological polar surface area (TPSA) is 20.2 Å². The van der Waals surface area contributed by atoms with Crippen LogP contribution in [0.3, 0.4) is 0 Å². The maximum atomic E-state index is 11.1. The lowest BCUT2D eigenvalue weighted by Gasteiger charge is -2.40. The first-order valence-electron chi connectivity index (χ1n) is 7.94. The van der Waals surface area contributed by atoms with Gasteiger partial charge in [-0.1, -0.05) is 63.4 Å². The van der Waals surface area contributed by atoms with E-state index in [1.165, 1.54) is 37.7 Å². The second-order valence-corrected chi connectivity index (χ2v) is 6.26. The summed E-state index contributed by atoms with van der Waals surface area (Å²) in [6, 6.07) is 10.5. The third kappa shape index (κ3) is 3.60. The molecule has 0 aromatic heterocycles. The molecule has 1 aliphatic carbocycles. The molecule has 2 rings (SSSR count). The molecular weight excluding hydrogens is 232 g/mol. The van der Waals surface area contributed by atoms with Crippen molar-refractivity contribution in [1.82, 2.24) is 0 Å². The van der Waals surface area contributed by atoms with Gasteiger partial charge in [0, 0.05) is 6.42 Å². The van der Waals surface area contributed by atoms with Crippen LogP contribution in [0.2, 0.25) is 0 Å². The zero-order valence-corrected chi connectivity index (χ0v) is 12.4. The quantitative estimate of drug-likeness (QED) is 0.821. The van der Waals surface area contributed by atoms with E-state index < -0.39 is 5.60 Å².